The Bertz CT molecular complexity index is 912. The van der Waals surface area contributed by atoms with Gasteiger partial charge < -0.3 is 14.4 Å². The summed E-state index contributed by atoms with van der Waals surface area (Å²) >= 11 is 0. The number of piperazine rings is 1. The molecule has 0 aliphatic carbocycles. The molecule has 9 heteroatoms. The molecule has 3 rings (SSSR count). The Hall–Kier alpha value is -2.94. The van der Waals surface area contributed by atoms with Crippen molar-refractivity contribution in [1.82, 2.24) is 19.6 Å². The van der Waals surface area contributed by atoms with E-state index in [1.54, 1.807) is 4.90 Å². The van der Waals surface area contributed by atoms with E-state index in [4.69, 9.17) is 9.47 Å². The van der Waals surface area contributed by atoms with Crippen LogP contribution in [0.4, 0.5) is 9.18 Å². The number of ether oxygens (including phenoxy) is 2. The summed E-state index contributed by atoms with van der Waals surface area (Å²) in [5.74, 6) is -0.796. The van der Waals surface area contributed by atoms with Crippen LogP contribution >= 0.6 is 0 Å². The minimum atomic E-state index is -0.615. The molecule has 0 radical (unpaired) electrons. The number of carbonyl (C=O) groups excluding carboxylic acids is 2. The fraction of sp³-hybridized carbons (Fsp3) is 0.522. The summed E-state index contributed by atoms with van der Waals surface area (Å²) in [7, 11) is 0. The van der Waals surface area contributed by atoms with E-state index >= 15 is 0 Å². The summed E-state index contributed by atoms with van der Waals surface area (Å²) < 4.78 is 25.9. The molecule has 1 aliphatic heterocycles. The third-order valence-electron chi connectivity index (χ3n) is 5.16. The zero-order valence-corrected chi connectivity index (χ0v) is 19.0. The molecule has 1 saturated heterocycles. The average molecular weight is 447 g/mol. The first kappa shape index (κ1) is 23.7. The van der Waals surface area contributed by atoms with Crippen molar-refractivity contribution in [2.75, 3.05) is 19.6 Å². The lowest BCUT2D eigenvalue weighted by atomic mass is 10.1. The molecule has 1 aromatic carbocycles. The van der Waals surface area contributed by atoms with Crippen molar-refractivity contribution in [2.45, 2.75) is 58.5 Å². The second-order valence-electron chi connectivity index (χ2n) is 9.09. The second kappa shape index (κ2) is 10.1. The van der Waals surface area contributed by atoms with Crippen molar-refractivity contribution in [3.63, 3.8) is 0 Å². The van der Waals surface area contributed by atoms with Gasteiger partial charge in [0.15, 0.2) is 5.82 Å². The minimum absolute atomic E-state index is 0.0632. The van der Waals surface area contributed by atoms with Gasteiger partial charge in [0, 0.05) is 25.2 Å². The fourth-order valence-corrected chi connectivity index (χ4v) is 3.66. The van der Waals surface area contributed by atoms with Crippen LogP contribution in [0.5, 0.6) is 0 Å². The maximum atomic E-state index is 13.4. The first-order chi connectivity index (χ1) is 15.1. The van der Waals surface area contributed by atoms with Crippen LogP contribution in [0.15, 0.2) is 42.7 Å². The van der Waals surface area contributed by atoms with Gasteiger partial charge >= 0.3 is 12.1 Å². The van der Waals surface area contributed by atoms with Gasteiger partial charge in [-0.3, -0.25) is 14.4 Å². The van der Waals surface area contributed by atoms with Crippen molar-refractivity contribution >= 4 is 12.1 Å². The number of rotatable bonds is 6. The van der Waals surface area contributed by atoms with Crippen LogP contribution in [-0.2, 0) is 27.4 Å². The molecule has 1 aliphatic rings. The van der Waals surface area contributed by atoms with Crippen molar-refractivity contribution in [2.24, 2.45) is 0 Å². The topological polar surface area (TPSA) is 76.9 Å². The first-order valence-electron chi connectivity index (χ1n) is 10.7. The van der Waals surface area contributed by atoms with Crippen molar-refractivity contribution in [1.29, 1.82) is 0 Å². The van der Waals surface area contributed by atoms with Crippen molar-refractivity contribution < 1.29 is 23.5 Å². The normalized spacial score (nSPS) is 19.6. The van der Waals surface area contributed by atoms with Crippen molar-refractivity contribution in [3.8, 4) is 0 Å². The van der Waals surface area contributed by atoms with Gasteiger partial charge in [-0.05, 0) is 33.3 Å². The summed E-state index contributed by atoms with van der Waals surface area (Å²) in [6.07, 6.45) is 2.02. The first-order valence-corrected chi connectivity index (χ1v) is 10.7. The zero-order chi connectivity index (χ0) is 23.3. The van der Waals surface area contributed by atoms with Crippen LogP contribution < -0.4 is 0 Å². The monoisotopic (exact) mass is 446 g/mol. The van der Waals surface area contributed by atoms with Crippen LogP contribution in [0.25, 0.3) is 0 Å². The highest BCUT2D eigenvalue weighted by molar-refractivity contribution is 5.72. The molecular weight excluding hydrogens is 415 g/mol. The molecule has 0 saturated carbocycles. The van der Waals surface area contributed by atoms with E-state index in [1.165, 1.54) is 10.9 Å². The van der Waals surface area contributed by atoms with Crippen LogP contribution in [0.2, 0.25) is 0 Å². The molecular formula is C23H31FN4O4. The van der Waals surface area contributed by atoms with Gasteiger partial charge in [-0.1, -0.05) is 30.3 Å². The summed E-state index contributed by atoms with van der Waals surface area (Å²) in [4.78, 5) is 28.9. The molecule has 0 unspecified atom stereocenters. The zero-order valence-electron chi connectivity index (χ0n) is 19.0. The lowest BCUT2D eigenvalue weighted by molar-refractivity contribution is -0.148. The molecule has 2 aromatic rings. The fourth-order valence-electron chi connectivity index (χ4n) is 3.66. The van der Waals surface area contributed by atoms with Gasteiger partial charge in [-0.15, -0.1) is 0 Å². The third kappa shape index (κ3) is 6.78. The van der Waals surface area contributed by atoms with E-state index in [0.29, 0.717) is 19.6 Å². The highest BCUT2D eigenvalue weighted by Crippen LogP contribution is 2.20. The quantitative estimate of drug-likeness (QED) is 0.635. The SMILES string of the molecule is C[C@@H]1CN(CC(=O)OCc2ccccc2)[C@@H](Cn2cc(F)cn2)CN1C(=O)OC(C)(C)C. The second-order valence-corrected chi connectivity index (χ2v) is 9.09. The summed E-state index contributed by atoms with van der Waals surface area (Å²) in [5, 5.41) is 4.01. The molecule has 174 valence electrons. The van der Waals surface area contributed by atoms with Gasteiger partial charge in [0.05, 0.1) is 25.5 Å². The van der Waals surface area contributed by atoms with E-state index < -0.39 is 17.5 Å². The number of hydrogen-bond acceptors (Lipinski definition) is 6. The Morgan fingerprint density at radius 2 is 1.91 bits per heavy atom. The number of aromatic nitrogens is 2. The van der Waals surface area contributed by atoms with Crippen LogP contribution in [0, 0.1) is 5.82 Å². The number of esters is 1. The predicted molar refractivity (Wildman–Crippen MR) is 116 cm³/mol. The Balaban J connectivity index is 1.68. The molecule has 1 aromatic heterocycles. The highest BCUT2D eigenvalue weighted by atomic mass is 19.1. The highest BCUT2D eigenvalue weighted by Gasteiger charge is 2.37. The van der Waals surface area contributed by atoms with E-state index in [0.717, 1.165) is 11.8 Å². The number of nitrogens with zero attached hydrogens (tertiary/aromatic N) is 4. The number of benzene rings is 1. The lowest BCUT2D eigenvalue weighted by Gasteiger charge is -2.44. The van der Waals surface area contributed by atoms with Gasteiger partial charge in [-0.2, -0.15) is 5.10 Å². The van der Waals surface area contributed by atoms with Crippen LogP contribution in [0.1, 0.15) is 33.3 Å². The summed E-state index contributed by atoms with van der Waals surface area (Å²) in [5.41, 5.74) is 0.294. The molecule has 0 spiro atoms. The Labute approximate surface area is 187 Å². The average Bonchev–Trinajstić information content (AvgIpc) is 3.12. The van der Waals surface area contributed by atoms with E-state index in [9.17, 15) is 14.0 Å². The van der Waals surface area contributed by atoms with E-state index in [-0.39, 0.29) is 31.2 Å². The lowest BCUT2D eigenvalue weighted by Crippen LogP contribution is -2.61. The van der Waals surface area contributed by atoms with Crippen LogP contribution in [-0.4, -0.2) is 69.0 Å². The molecule has 8 nitrogen and oxygen atoms in total. The van der Waals surface area contributed by atoms with Gasteiger partial charge in [0.2, 0.25) is 0 Å². The molecule has 1 amide bonds. The predicted octanol–water partition coefficient (Wildman–Crippen LogP) is 3.08. The van der Waals surface area contributed by atoms with Gasteiger partial charge in [0.1, 0.15) is 12.2 Å². The Kier molecular flexibility index (Phi) is 7.50. The van der Waals surface area contributed by atoms with Crippen molar-refractivity contribution in [3.05, 3.63) is 54.1 Å². The maximum absolute atomic E-state index is 13.4. The van der Waals surface area contributed by atoms with Crippen LogP contribution in [0.3, 0.4) is 0 Å². The van der Waals surface area contributed by atoms with Gasteiger partial charge in [0.25, 0.3) is 0 Å². The molecule has 2 heterocycles. The van der Waals surface area contributed by atoms with E-state index in [1.807, 2.05) is 62.9 Å². The minimum Gasteiger partial charge on any atom is -0.460 e. The summed E-state index contributed by atoms with van der Waals surface area (Å²) in [6, 6.07) is 9.04. The number of amides is 1. The Morgan fingerprint density at radius 1 is 1.19 bits per heavy atom. The maximum Gasteiger partial charge on any atom is 0.410 e. The molecule has 1 fully saturated rings. The smallest absolute Gasteiger partial charge is 0.410 e. The summed E-state index contributed by atoms with van der Waals surface area (Å²) in [6.45, 7) is 8.72. The molecule has 0 bridgehead atoms. The molecule has 32 heavy (non-hydrogen) atoms. The number of carbonyl (C=O) groups is 2. The number of halogens is 1. The number of hydrogen-bond donors (Lipinski definition) is 0. The third-order valence-corrected chi connectivity index (χ3v) is 5.16. The molecule has 0 N–H and O–H groups in total. The standard InChI is InChI=1S/C23H31FN4O4/c1-17-11-26(15-21(29)31-16-18-8-6-5-7-9-18)20(13-27-12-19(24)10-25-27)14-28(17)22(30)32-23(2,3)4/h5-10,12,17,20H,11,13-16H2,1-4H3/t17-,20+/m1/s1. The van der Waals surface area contributed by atoms with Gasteiger partial charge in [-0.25, -0.2) is 9.18 Å². The molecule has 2 atom stereocenters. The largest absolute Gasteiger partial charge is 0.460 e. The van der Waals surface area contributed by atoms with E-state index in [2.05, 4.69) is 5.10 Å². The Morgan fingerprint density at radius 3 is 2.53 bits per heavy atom.